The molecule has 0 spiro atoms. The molecule has 2 aromatic rings. The lowest BCUT2D eigenvalue weighted by atomic mass is 9.98. The van der Waals surface area contributed by atoms with Crippen molar-refractivity contribution in [2.45, 2.75) is 12.8 Å². The molecule has 1 N–H and O–H groups in total. The van der Waals surface area contributed by atoms with Crippen LogP contribution in [0.25, 0.3) is 0 Å². The van der Waals surface area contributed by atoms with Gasteiger partial charge in [0.2, 0.25) is 0 Å². The lowest BCUT2D eigenvalue weighted by Gasteiger charge is -2.09. The maximum absolute atomic E-state index is 12.6. The first kappa shape index (κ1) is 15.0. The smallest absolute Gasteiger partial charge is 0.252 e. The van der Waals surface area contributed by atoms with Gasteiger partial charge in [0.05, 0.1) is 5.56 Å². The first-order valence-electron chi connectivity index (χ1n) is 7.32. The van der Waals surface area contributed by atoms with Gasteiger partial charge in [0.25, 0.3) is 5.91 Å². The highest BCUT2D eigenvalue weighted by Gasteiger charge is 2.23. The normalized spacial score (nSPS) is 13.7. The lowest BCUT2D eigenvalue weighted by molar-refractivity contribution is 0.0940. The molecule has 1 aliphatic rings. The summed E-state index contributed by atoms with van der Waals surface area (Å²) in [6, 6.07) is 14.1. The van der Waals surface area contributed by atoms with Crippen molar-refractivity contribution < 1.29 is 9.59 Å². The molecule has 22 heavy (non-hydrogen) atoms. The molecule has 1 aliphatic carbocycles. The van der Waals surface area contributed by atoms with E-state index in [1.165, 1.54) is 12.8 Å². The van der Waals surface area contributed by atoms with Crippen molar-refractivity contribution in [1.82, 2.24) is 5.32 Å². The van der Waals surface area contributed by atoms with Crippen molar-refractivity contribution in [3.63, 3.8) is 0 Å². The van der Waals surface area contributed by atoms with Crippen LogP contribution in [0.4, 0.5) is 0 Å². The van der Waals surface area contributed by atoms with Gasteiger partial charge in [0, 0.05) is 22.1 Å². The molecule has 0 radical (unpaired) electrons. The molecule has 112 valence electrons. The van der Waals surface area contributed by atoms with E-state index in [1.807, 2.05) is 12.1 Å². The first-order chi connectivity index (χ1) is 10.6. The molecule has 3 nitrogen and oxygen atoms in total. The zero-order valence-corrected chi connectivity index (χ0v) is 13.6. The average molecular weight is 358 g/mol. The number of amides is 1. The molecule has 0 bridgehead atoms. The molecular formula is C18H16BrNO2. The molecule has 3 rings (SSSR count). The van der Waals surface area contributed by atoms with Gasteiger partial charge in [-0.15, -0.1) is 0 Å². The highest BCUT2D eigenvalue weighted by molar-refractivity contribution is 9.10. The van der Waals surface area contributed by atoms with Crippen LogP contribution in [0.5, 0.6) is 0 Å². The molecule has 0 aliphatic heterocycles. The quantitative estimate of drug-likeness (QED) is 0.826. The number of nitrogens with one attached hydrogen (secondary N) is 1. The Bertz CT molecular complexity index is 705. The lowest BCUT2D eigenvalue weighted by Crippen LogP contribution is -2.27. The average Bonchev–Trinajstić information content (AvgIpc) is 3.37. The summed E-state index contributed by atoms with van der Waals surface area (Å²) in [5, 5.41) is 2.92. The van der Waals surface area contributed by atoms with Gasteiger partial charge in [0.1, 0.15) is 0 Å². The second kappa shape index (κ2) is 6.44. The fraction of sp³-hybridized carbons (Fsp3) is 0.222. The Hall–Kier alpha value is -1.94. The van der Waals surface area contributed by atoms with Gasteiger partial charge in [-0.1, -0.05) is 34.1 Å². The molecule has 1 amide bonds. The van der Waals surface area contributed by atoms with E-state index in [9.17, 15) is 9.59 Å². The predicted molar refractivity (Wildman–Crippen MR) is 89.1 cm³/mol. The number of hydrogen-bond donors (Lipinski definition) is 1. The van der Waals surface area contributed by atoms with Crippen LogP contribution in [0.1, 0.15) is 39.1 Å². The van der Waals surface area contributed by atoms with Crippen LogP contribution < -0.4 is 5.32 Å². The van der Waals surface area contributed by atoms with Gasteiger partial charge in [-0.25, -0.2) is 0 Å². The summed E-state index contributed by atoms with van der Waals surface area (Å²) in [7, 11) is 0. The SMILES string of the molecule is O=C(NCC1CC1)c1ccccc1C(=O)c1ccc(Br)cc1. The summed E-state index contributed by atoms with van der Waals surface area (Å²) in [6.45, 7) is 0.694. The molecule has 4 heteroatoms. The molecule has 0 atom stereocenters. The zero-order chi connectivity index (χ0) is 15.5. The summed E-state index contributed by atoms with van der Waals surface area (Å²) < 4.78 is 0.916. The Labute approximate surface area is 137 Å². The van der Waals surface area contributed by atoms with Crippen LogP contribution in [-0.2, 0) is 0 Å². The van der Waals surface area contributed by atoms with Crippen LogP contribution in [0, 0.1) is 5.92 Å². The minimum atomic E-state index is -0.173. The van der Waals surface area contributed by atoms with Crippen molar-refractivity contribution >= 4 is 27.6 Å². The third-order valence-electron chi connectivity index (χ3n) is 3.77. The van der Waals surface area contributed by atoms with Crippen molar-refractivity contribution in [2.24, 2.45) is 5.92 Å². The predicted octanol–water partition coefficient (Wildman–Crippen LogP) is 3.82. The second-order valence-corrected chi connectivity index (χ2v) is 6.45. The van der Waals surface area contributed by atoms with E-state index in [1.54, 1.807) is 36.4 Å². The van der Waals surface area contributed by atoms with Gasteiger partial charge in [-0.3, -0.25) is 9.59 Å². The first-order valence-corrected chi connectivity index (χ1v) is 8.12. The number of carbonyl (C=O) groups is 2. The van der Waals surface area contributed by atoms with Crippen molar-refractivity contribution in [3.8, 4) is 0 Å². The fourth-order valence-electron chi connectivity index (χ4n) is 2.29. The van der Waals surface area contributed by atoms with Crippen LogP contribution >= 0.6 is 15.9 Å². The van der Waals surface area contributed by atoms with E-state index in [0.29, 0.717) is 29.2 Å². The molecule has 1 fully saturated rings. The summed E-state index contributed by atoms with van der Waals surface area (Å²) >= 11 is 3.35. The summed E-state index contributed by atoms with van der Waals surface area (Å²) in [5.41, 5.74) is 1.46. The van der Waals surface area contributed by atoms with Gasteiger partial charge in [-0.05, 0) is 49.1 Å². The topological polar surface area (TPSA) is 46.2 Å². The zero-order valence-electron chi connectivity index (χ0n) is 12.0. The van der Waals surface area contributed by atoms with Gasteiger partial charge in [-0.2, -0.15) is 0 Å². The van der Waals surface area contributed by atoms with Crippen LogP contribution in [0.15, 0.2) is 53.0 Å². The Morgan fingerprint density at radius 3 is 2.27 bits per heavy atom. The molecule has 0 saturated heterocycles. The Balaban J connectivity index is 1.84. The van der Waals surface area contributed by atoms with Crippen LogP contribution in [0.3, 0.4) is 0 Å². The second-order valence-electron chi connectivity index (χ2n) is 5.54. The van der Waals surface area contributed by atoms with Gasteiger partial charge >= 0.3 is 0 Å². The minimum Gasteiger partial charge on any atom is -0.352 e. The van der Waals surface area contributed by atoms with Crippen molar-refractivity contribution in [3.05, 3.63) is 69.7 Å². The largest absolute Gasteiger partial charge is 0.352 e. The Morgan fingerprint density at radius 2 is 1.64 bits per heavy atom. The van der Waals surface area contributed by atoms with Crippen molar-refractivity contribution in [1.29, 1.82) is 0 Å². The van der Waals surface area contributed by atoms with E-state index in [2.05, 4.69) is 21.2 Å². The van der Waals surface area contributed by atoms with E-state index in [0.717, 1.165) is 4.47 Å². The molecule has 0 unspecified atom stereocenters. The van der Waals surface area contributed by atoms with Gasteiger partial charge in [0.15, 0.2) is 5.78 Å². The number of carbonyl (C=O) groups excluding carboxylic acids is 2. The maximum atomic E-state index is 12.6. The summed E-state index contributed by atoms with van der Waals surface area (Å²) in [6.07, 6.45) is 2.36. The van der Waals surface area contributed by atoms with Crippen LogP contribution in [0.2, 0.25) is 0 Å². The standard InChI is InChI=1S/C18H16BrNO2/c19-14-9-7-13(8-10-14)17(21)15-3-1-2-4-16(15)18(22)20-11-12-5-6-12/h1-4,7-10,12H,5-6,11H2,(H,20,22). The molecule has 0 aromatic heterocycles. The summed E-state index contributed by atoms with van der Waals surface area (Å²) in [4.78, 5) is 25.0. The number of halogens is 1. The monoisotopic (exact) mass is 357 g/mol. The fourth-order valence-corrected chi connectivity index (χ4v) is 2.55. The van der Waals surface area contributed by atoms with Crippen molar-refractivity contribution in [2.75, 3.05) is 6.54 Å². The minimum absolute atomic E-state index is 0.135. The van der Waals surface area contributed by atoms with E-state index in [-0.39, 0.29) is 11.7 Å². The number of benzene rings is 2. The Kier molecular flexibility index (Phi) is 4.39. The molecule has 2 aromatic carbocycles. The number of ketones is 1. The third-order valence-corrected chi connectivity index (χ3v) is 4.30. The highest BCUT2D eigenvalue weighted by atomic mass is 79.9. The number of rotatable bonds is 5. The van der Waals surface area contributed by atoms with Crippen LogP contribution in [-0.4, -0.2) is 18.2 Å². The third kappa shape index (κ3) is 3.45. The highest BCUT2D eigenvalue weighted by Crippen LogP contribution is 2.27. The van der Waals surface area contributed by atoms with E-state index < -0.39 is 0 Å². The molecule has 0 heterocycles. The molecule has 1 saturated carbocycles. The van der Waals surface area contributed by atoms with E-state index >= 15 is 0 Å². The van der Waals surface area contributed by atoms with Gasteiger partial charge < -0.3 is 5.32 Å². The maximum Gasteiger partial charge on any atom is 0.252 e. The number of hydrogen-bond acceptors (Lipinski definition) is 2. The Morgan fingerprint density at radius 1 is 1.00 bits per heavy atom. The summed E-state index contributed by atoms with van der Waals surface area (Å²) in [5.74, 6) is 0.302. The molecular weight excluding hydrogens is 342 g/mol. The van der Waals surface area contributed by atoms with E-state index in [4.69, 9.17) is 0 Å².